The molecule has 0 aromatic heterocycles. The van der Waals surface area contributed by atoms with Gasteiger partial charge in [0.25, 0.3) is 0 Å². The minimum Gasteiger partial charge on any atom is -0.489 e. The van der Waals surface area contributed by atoms with Gasteiger partial charge in [-0.3, -0.25) is 14.4 Å². The number of carbonyl (C=O) groups excluding carboxylic acids is 3. The zero-order chi connectivity index (χ0) is 21.3. The van der Waals surface area contributed by atoms with E-state index < -0.39 is 0 Å². The van der Waals surface area contributed by atoms with Crippen LogP contribution >= 0.6 is 0 Å². The van der Waals surface area contributed by atoms with Crippen LogP contribution in [0.25, 0.3) is 0 Å². The molecule has 0 saturated heterocycles. The third kappa shape index (κ3) is 3.33. The van der Waals surface area contributed by atoms with Crippen LogP contribution in [-0.2, 0) is 4.79 Å². The third-order valence-corrected chi connectivity index (χ3v) is 4.81. The maximum atomic E-state index is 13.4. The standard InChI is InChI=1S/C24H20N2O4/c1-3-30-24-19(25-14(2)27)13-18-20(21(24)26-15-9-5-4-6-10-15)23(29)17-12-8-7-11-16(17)22(18)28/h4-13,26H,3H2,1-2H3,(H,25,27). The summed E-state index contributed by atoms with van der Waals surface area (Å²) < 4.78 is 5.84. The number of hydrogen-bond acceptors (Lipinski definition) is 5. The summed E-state index contributed by atoms with van der Waals surface area (Å²) in [6, 6.07) is 17.5. The normalized spacial score (nSPS) is 12.1. The molecular weight excluding hydrogens is 380 g/mol. The van der Waals surface area contributed by atoms with Crippen molar-refractivity contribution in [2.75, 3.05) is 17.2 Å². The van der Waals surface area contributed by atoms with Gasteiger partial charge in [-0.15, -0.1) is 0 Å². The van der Waals surface area contributed by atoms with Crippen LogP contribution in [0.1, 0.15) is 45.7 Å². The van der Waals surface area contributed by atoms with E-state index in [0.717, 1.165) is 5.69 Å². The van der Waals surface area contributed by atoms with Gasteiger partial charge < -0.3 is 15.4 Å². The number of carbonyl (C=O) groups is 3. The average Bonchev–Trinajstić information content (AvgIpc) is 2.74. The van der Waals surface area contributed by atoms with E-state index >= 15 is 0 Å². The molecule has 1 aliphatic rings. The zero-order valence-electron chi connectivity index (χ0n) is 16.6. The summed E-state index contributed by atoms with van der Waals surface area (Å²) in [4.78, 5) is 38.5. The molecular formula is C24H20N2O4. The van der Waals surface area contributed by atoms with Crippen molar-refractivity contribution < 1.29 is 19.1 Å². The molecule has 0 radical (unpaired) electrons. The van der Waals surface area contributed by atoms with Crippen LogP contribution in [0.2, 0.25) is 0 Å². The van der Waals surface area contributed by atoms with E-state index in [4.69, 9.17) is 4.74 Å². The van der Waals surface area contributed by atoms with Gasteiger partial charge in [-0.2, -0.15) is 0 Å². The second-order valence-electron chi connectivity index (χ2n) is 6.86. The minimum atomic E-state index is -0.309. The molecule has 0 heterocycles. The predicted molar refractivity (Wildman–Crippen MR) is 115 cm³/mol. The molecule has 1 amide bonds. The monoisotopic (exact) mass is 400 g/mol. The highest BCUT2D eigenvalue weighted by atomic mass is 16.5. The van der Waals surface area contributed by atoms with Crippen molar-refractivity contribution in [3.05, 3.63) is 82.9 Å². The SMILES string of the molecule is CCOc1c(NC(C)=O)cc2c(c1Nc1ccccc1)C(=O)c1ccccc1C2=O. The summed E-state index contributed by atoms with van der Waals surface area (Å²) in [5.41, 5.74) is 2.57. The molecule has 4 rings (SSSR count). The fourth-order valence-electron chi connectivity index (χ4n) is 3.60. The fourth-order valence-corrected chi connectivity index (χ4v) is 3.60. The maximum absolute atomic E-state index is 13.4. The van der Waals surface area contributed by atoms with Gasteiger partial charge in [0.2, 0.25) is 5.91 Å². The number of rotatable bonds is 5. The topological polar surface area (TPSA) is 84.5 Å². The van der Waals surface area contributed by atoms with E-state index in [0.29, 0.717) is 34.9 Å². The molecule has 30 heavy (non-hydrogen) atoms. The maximum Gasteiger partial charge on any atom is 0.221 e. The number of nitrogens with one attached hydrogen (secondary N) is 2. The van der Waals surface area contributed by atoms with E-state index in [9.17, 15) is 14.4 Å². The Morgan fingerprint density at radius 2 is 1.53 bits per heavy atom. The smallest absolute Gasteiger partial charge is 0.221 e. The highest BCUT2D eigenvalue weighted by molar-refractivity contribution is 6.31. The summed E-state index contributed by atoms with van der Waals surface area (Å²) in [6.45, 7) is 3.50. The van der Waals surface area contributed by atoms with Crippen LogP contribution < -0.4 is 15.4 Å². The third-order valence-electron chi connectivity index (χ3n) is 4.81. The van der Waals surface area contributed by atoms with Crippen LogP contribution in [0.5, 0.6) is 5.75 Å². The minimum absolute atomic E-state index is 0.226. The van der Waals surface area contributed by atoms with Crippen LogP contribution in [-0.4, -0.2) is 24.1 Å². The largest absolute Gasteiger partial charge is 0.489 e. The van der Waals surface area contributed by atoms with Gasteiger partial charge in [-0.1, -0.05) is 42.5 Å². The summed E-state index contributed by atoms with van der Waals surface area (Å²) in [5, 5.41) is 5.96. The first-order chi connectivity index (χ1) is 14.5. The molecule has 0 bridgehead atoms. The van der Waals surface area contributed by atoms with Gasteiger partial charge in [0.1, 0.15) is 0 Å². The van der Waals surface area contributed by atoms with E-state index in [-0.39, 0.29) is 28.6 Å². The highest BCUT2D eigenvalue weighted by Gasteiger charge is 2.35. The van der Waals surface area contributed by atoms with Crippen molar-refractivity contribution in [2.24, 2.45) is 0 Å². The number of anilines is 3. The van der Waals surface area contributed by atoms with Gasteiger partial charge in [0.15, 0.2) is 17.3 Å². The number of amides is 1. The fraction of sp³-hybridized carbons (Fsp3) is 0.125. The average molecular weight is 400 g/mol. The van der Waals surface area contributed by atoms with Crippen LogP contribution in [0.4, 0.5) is 17.1 Å². The lowest BCUT2D eigenvalue weighted by molar-refractivity contribution is -0.114. The molecule has 0 saturated carbocycles. The Labute approximate surface area is 173 Å². The number of fused-ring (bicyclic) bond motifs is 2. The van der Waals surface area contributed by atoms with E-state index in [1.807, 2.05) is 37.3 Å². The Kier molecular flexibility index (Phi) is 5.06. The lowest BCUT2D eigenvalue weighted by Gasteiger charge is -2.25. The van der Waals surface area contributed by atoms with Crippen molar-refractivity contribution in [2.45, 2.75) is 13.8 Å². The van der Waals surface area contributed by atoms with Crippen LogP contribution in [0.15, 0.2) is 60.7 Å². The van der Waals surface area contributed by atoms with Gasteiger partial charge in [0, 0.05) is 29.3 Å². The van der Waals surface area contributed by atoms with Crippen molar-refractivity contribution in [1.82, 2.24) is 0 Å². The first kappa shape index (κ1) is 19.4. The summed E-state index contributed by atoms with van der Waals surface area (Å²) >= 11 is 0. The van der Waals surface area contributed by atoms with Crippen molar-refractivity contribution >= 4 is 34.5 Å². The van der Waals surface area contributed by atoms with E-state index in [1.54, 1.807) is 24.3 Å². The second-order valence-corrected chi connectivity index (χ2v) is 6.86. The van der Waals surface area contributed by atoms with E-state index in [1.165, 1.54) is 13.0 Å². The quantitative estimate of drug-likeness (QED) is 0.513. The van der Waals surface area contributed by atoms with Crippen molar-refractivity contribution in [3.8, 4) is 5.75 Å². The van der Waals surface area contributed by atoms with E-state index in [2.05, 4.69) is 10.6 Å². The number of ketones is 2. The van der Waals surface area contributed by atoms with Crippen LogP contribution in [0.3, 0.4) is 0 Å². The molecule has 3 aromatic rings. The molecule has 0 atom stereocenters. The van der Waals surface area contributed by atoms with Crippen LogP contribution in [0, 0.1) is 0 Å². The number of hydrogen-bond donors (Lipinski definition) is 2. The highest BCUT2D eigenvalue weighted by Crippen LogP contribution is 2.44. The van der Waals surface area contributed by atoms with Crippen molar-refractivity contribution in [3.63, 3.8) is 0 Å². The summed E-state index contributed by atoms with van der Waals surface area (Å²) in [7, 11) is 0. The van der Waals surface area contributed by atoms with Gasteiger partial charge in [0.05, 0.1) is 23.5 Å². The summed E-state index contributed by atoms with van der Waals surface area (Å²) in [5.74, 6) is -0.535. The first-order valence-corrected chi connectivity index (χ1v) is 9.63. The number of benzene rings is 3. The molecule has 0 fully saturated rings. The number of para-hydroxylation sites is 1. The molecule has 1 aliphatic carbocycles. The Morgan fingerprint density at radius 3 is 2.17 bits per heavy atom. The van der Waals surface area contributed by atoms with Crippen molar-refractivity contribution in [1.29, 1.82) is 0 Å². The van der Waals surface area contributed by atoms with Gasteiger partial charge >= 0.3 is 0 Å². The lowest BCUT2D eigenvalue weighted by atomic mass is 9.82. The Bertz CT molecular complexity index is 1170. The first-order valence-electron chi connectivity index (χ1n) is 9.63. The molecule has 2 N–H and O–H groups in total. The molecule has 0 aliphatic heterocycles. The number of ether oxygens (including phenoxy) is 1. The zero-order valence-corrected chi connectivity index (χ0v) is 16.6. The molecule has 3 aromatic carbocycles. The lowest BCUT2D eigenvalue weighted by Crippen LogP contribution is -2.23. The molecule has 0 spiro atoms. The predicted octanol–water partition coefficient (Wildman–Crippen LogP) is 4.56. The second kappa shape index (κ2) is 7.83. The Hall–Kier alpha value is -3.93. The molecule has 0 unspecified atom stereocenters. The molecule has 6 nitrogen and oxygen atoms in total. The van der Waals surface area contributed by atoms with Gasteiger partial charge in [-0.25, -0.2) is 0 Å². The summed E-state index contributed by atoms with van der Waals surface area (Å²) in [6.07, 6.45) is 0. The Morgan fingerprint density at radius 1 is 0.900 bits per heavy atom. The van der Waals surface area contributed by atoms with Gasteiger partial charge in [-0.05, 0) is 25.1 Å². The molecule has 150 valence electrons. The molecule has 6 heteroatoms. The Balaban J connectivity index is 2.01.